The topological polar surface area (TPSA) is 35.8 Å². The molecule has 4 heteroatoms. The lowest BCUT2D eigenvalue weighted by molar-refractivity contribution is 0.461. The molecule has 124 valence electrons. The quantitative estimate of drug-likeness (QED) is 0.741. The standard InChI is InChI=1S/C21H17FN2O/c22-16-12-10-15(11-13-16)19-14-20(18-8-4-5-9-21(18)25)24(23-19)17-6-2-1-3-7-17/h1-13,20,25H,14H2. The minimum atomic E-state index is -0.264. The van der Waals surface area contributed by atoms with Crippen molar-refractivity contribution >= 4 is 11.4 Å². The van der Waals surface area contributed by atoms with Crippen molar-refractivity contribution < 1.29 is 9.50 Å². The highest BCUT2D eigenvalue weighted by atomic mass is 19.1. The van der Waals surface area contributed by atoms with E-state index in [9.17, 15) is 9.50 Å². The summed E-state index contributed by atoms with van der Waals surface area (Å²) in [6.45, 7) is 0. The summed E-state index contributed by atoms with van der Waals surface area (Å²) in [5.41, 5.74) is 3.54. The fraction of sp³-hybridized carbons (Fsp3) is 0.0952. The van der Waals surface area contributed by atoms with Gasteiger partial charge in [-0.25, -0.2) is 4.39 Å². The van der Waals surface area contributed by atoms with Gasteiger partial charge >= 0.3 is 0 Å². The highest BCUT2D eigenvalue weighted by Gasteiger charge is 2.31. The van der Waals surface area contributed by atoms with E-state index in [4.69, 9.17) is 5.10 Å². The fourth-order valence-electron chi connectivity index (χ4n) is 3.16. The van der Waals surface area contributed by atoms with Crippen molar-refractivity contribution in [1.82, 2.24) is 0 Å². The second-order valence-corrected chi connectivity index (χ2v) is 6.01. The Kier molecular flexibility index (Phi) is 3.94. The number of anilines is 1. The van der Waals surface area contributed by atoms with Crippen molar-refractivity contribution in [1.29, 1.82) is 0 Å². The average Bonchev–Trinajstić information content (AvgIpc) is 3.08. The molecule has 1 heterocycles. The molecule has 0 saturated carbocycles. The lowest BCUT2D eigenvalue weighted by Gasteiger charge is -2.24. The summed E-state index contributed by atoms with van der Waals surface area (Å²) in [6, 6.07) is 23.4. The molecule has 0 fully saturated rings. The van der Waals surface area contributed by atoms with Crippen molar-refractivity contribution in [3.63, 3.8) is 0 Å². The van der Waals surface area contributed by atoms with E-state index < -0.39 is 0 Å². The minimum Gasteiger partial charge on any atom is -0.508 e. The smallest absolute Gasteiger partial charge is 0.123 e. The number of para-hydroxylation sites is 2. The normalized spacial score (nSPS) is 16.8. The third-order valence-corrected chi connectivity index (χ3v) is 4.40. The Hall–Kier alpha value is -3.14. The number of halogens is 1. The maximum Gasteiger partial charge on any atom is 0.123 e. The van der Waals surface area contributed by atoms with Gasteiger partial charge in [-0.15, -0.1) is 0 Å². The molecule has 1 aliphatic heterocycles. The first-order valence-corrected chi connectivity index (χ1v) is 8.18. The van der Waals surface area contributed by atoms with Crippen LogP contribution in [0.3, 0.4) is 0 Å². The van der Waals surface area contributed by atoms with Crippen LogP contribution in [0.2, 0.25) is 0 Å². The van der Waals surface area contributed by atoms with Gasteiger partial charge in [0.05, 0.1) is 17.4 Å². The van der Waals surface area contributed by atoms with E-state index in [2.05, 4.69) is 0 Å². The second-order valence-electron chi connectivity index (χ2n) is 6.01. The molecule has 4 rings (SSSR count). The van der Waals surface area contributed by atoms with Crippen molar-refractivity contribution in [3.8, 4) is 5.75 Å². The molecule has 0 saturated heterocycles. The summed E-state index contributed by atoms with van der Waals surface area (Å²) in [5, 5.41) is 17.0. The molecular weight excluding hydrogens is 315 g/mol. The molecule has 0 amide bonds. The second kappa shape index (κ2) is 6.40. The monoisotopic (exact) mass is 332 g/mol. The summed E-state index contributed by atoms with van der Waals surface area (Å²) in [5.74, 6) is -0.0106. The number of hydrogen-bond acceptors (Lipinski definition) is 3. The summed E-state index contributed by atoms with van der Waals surface area (Å²) in [7, 11) is 0. The van der Waals surface area contributed by atoms with E-state index in [-0.39, 0.29) is 17.6 Å². The number of phenolic OH excluding ortho intramolecular Hbond substituents is 1. The molecule has 3 aromatic rings. The zero-order chi connectivity index (χ0) is 17.2. The fourth-order valence-corrected chi connectivity index (χ4v) is 3.16. The Bertz CT molecular complexity index is 907. The minimum absolute atomic E-state index is 0.108. The van der Waals surface area contributed by atoms with Crippen LogP contribution in [0.1, 0.15) is 23.6 Å². The predicted molar refractivity (Wildman–Crippen MR) is 97.3 cm³/mol. The first-order valence-electron chi connectivity index (χ1n) is 8.18. The van der Waals surface area contributed by atoms with Gasteiger partial charge in [0, 0.05) is 12.0 Å². The van der Waals surface area contributed by atoms with Gasteiger partial charge in [0.1, 0.15) is 11.6 Å². The van der Waals surface area contributed by atoms with Crippen LogP contribution in [0.4, 0.5) is 10.1 Å². The molecule has 3 aromatic carbocycles. The van der Waals surface area contributed by atoms with E-state index in [0.29, 0.717) is 6.42 Å². The zero-order valence-corrected chi connectivity index (χ0v) is 13.5. The number of hydrazone groups is 1. The van der Waals surface area contributed by atoms with Gasteiger partial charge in [0.15, 0.2) is 0 Å². The molecule has 1 aliphatic rings. The third-order valence-electron chi connectivity index (χ3n) is 4.40. The summed E-state index contributed by atoms with van der Waals surface area (Å²) < 4.78 is 13.2. The summed E-state index contributed by atoms with van der Waals surface area (Å²) in [4.78, 5) is 0. The van der Waals surface area contributed by atoms with Crippen LogP contribution in [0.15, 0.2) is 84.0 Å². The SMILES string of the molecule is Oc1ccccc1C1CC(c2ccc(F)cc2)=NN1c1ccccc1. The van der Waals surface area contributed by atoms with Crippen LogP contribution in [0.25, 0.3) is 0 Å². The first-order chi connectivity index (χ1) is 12.2. The maximum atomic E-state index is 13.2. The largest absolute Gasteiger partial charge is 0.508 e. The Morgan fingerprint density at radius 2 is 1.56 bits per heavy atom. The van der Waals surface area contributed by atoms with Crippen molar-refractivity contribution in [2.75, 3.05) is 5.01 Å². The van der Waals surface area contributed by atoms with Crippen LogP contribution < -0.4 is 5.01 Å². The highest BCUT2D eigenvalue weighted by Crippen LogP contribution is 2.39. The lowest BCUT2D eigenvalue weighted by Crippen LogP contribution is -2.18. The van der Waals surface area contributed by atoms with Crippen LogP contribution in [0, 0.1) is 5.82 Å². The van der Waals surface area contributed by atoms with Crippen LogP contribution >= 0.6 is 0 Å². The molecule has 1 N–H and O–H groups in total. The van der Waals surface area contributed by atoms with Crippen molar-refractivity contribution in [2.45, 2.75) is 12.5 Å². The van der Waals surface area contributed by atoms with Gasteiger partial charge in [-0.1, -0.05) is 48.5 Å². The van der Waals surface area contributed by atoms with Crippen molar-refractivity contribution in [2.24, 2.45) is 5.10 Å². The van der Waals surface area contributed by atoms with E-state index >= 15 is 0 Å². The third kappa shape index (κ3) is 2.98. The Labute approximate surface area is 145 Å². The van der Waals surface area contributed by atoms with E-state index in [1.165, 1.54) is 12.1 Å². The van der Waals surface area contributed by atoms with Gasteiger partial charge in [-0.05, 0) is 35.9 Å². The summed E-state index contributed by atoms with van der Waals surface area (Å²) >= 11 is 0. The van der Waals surface area contributed by atoms with E-state index in [0.717, 1.165) is 22.5 Å². The number of nitrogens with zero attached hydrogens (tertiary/aromatic N) is 2. The number of rotatable bonds is 3. The zero-order valence-electron chi connectivity index (χ0n) is 13.5. The number of benzene rings is 3. The van der Waals surface area contributed by atoms with Gasteiger partial charge in [-0.2, -0.15) is 5.10 Å². The van der Waals surface area contributed by atoms with Crippen LogP contribution in [-0.2, 0) is 0 Å². The molecule has 3 nitrogen and oxygen atoms in total. The maximum absolute atomic E-state index is 13.2. The first kappa shape index (κ1) is 15.4. The molecule has 0 aliphatic carbocycles. The molecule has 0 bridgehead atoms. The van der Waals surface area contributed by atoms with E-state index in [1.807, 2.05) is 53.5 Å². The Morgan fingerprint density at radius 3 is 2.28 bits per heavy atom. The number of phenols is 1. The van der Waals surface area contributed by atoms with Crippen molar-refractivity contribution in [3.05, 3.63) is 95.8 Å². The van der Waals surface area contributed by atoms with Gasteiger partial charge in [0.2, 0.25) is 0 Å². The number of aromatic hydroxyl groups is 1. The van der Waals surface area contributed by atoms with Gasteiger partial charge < -0.3 is 5.11 Å². The molecule has 1 atom stereocenters. The average molecular weight is 332 g/mol. The van der Waals surface area contributed by atoms with Gasteiger partial charge in [-0.3, -0.25) is 5.01 Å². The van der Waals surface area contributed by atoms with Crippen LogP contribution in [0.5, 0.6) is 5.75 Å². The predicted octanol–water partition coefficient (Wildman–Crippen LogP) is 4.89. The molecule has 25 heavy (non-hydrogen) atoms. The molecule has 0 radical (unpaired) electrons. The molecule has 0 spiro atoms. The number of hydrogen-bond donors (Lipinski definition) is 1. The Morgan fingerprint density at radius 1 is 0.880 bits per heavy atom. The molecule has 0 aromatic heterocycles. The highest BCUT2D eigenvalue weighted by molar-refractivity contribution is 6.03. The van der Waals surface area contributed by atoms with Crippen LogP contribution in [-0.4, -0.2) is 10.8 Å². The van der Waals surface area contributed by atoms with Gasteiger partial charge in [0.25, 0.3) is 0 Å². The van der Waals surface area contributed by atoms with E-state index in [1.54, 1.807) is 18.2 Å². The molecular formula is C21H17FN2O. The molecule has 1 unspecified atom stereocenters. The lowest BCUT2D eigenvalue weighted by atomic mass is 9.97. The summed E-state index contributed by atoms with van der Waals surface area (Å²) in [6.07, 6.45) is 0.637. The Balaban J connectivity index is 1.77.